The fraction of sp³-hybridized carbons (Fsp3) is 0.500. The fourth-order valence-corrected chi connectivity index (χ4v) is 2.94. The number of amides is 1. The largest absolute Gasteiger partial charge is 0.484 e. The van der Waals surface area contributed by atoms with Crippen molar-refractivity contribution in [2.75, 3.05) is 13.2 Å². The van der Waals surface area contributed by atoms with Gasteiger partial charge in [-0.05, 0) is 50.0 Å². The average Bonchev–Trinajstić information content (AvgIpc) is 2.53. The Morgan fingerprint density at radius 1 is 1.38 bits per heavy atom. The molecule has 0 saturated carbocycles. The van der Waals surface area contributed by atoms with Gasteiger partial charge >= 0.3 is 0 Å². The van der Waals surface area contributed by atoms with Crippen LogP contribution in [-0.2, 0) is 4.79 Å². The number of hydrogen-bond donors (Lipinski definition) is 1. The zero-order chi connectivity index (χ0) is 15.1. The first-order chi connectivity index (χ1) is 10.2. The summed E-state index contributed by atoms with van der Waals surface area (Å²) < 4.78 is 5.42. The molecule has 0 aliphatic carbocycles. The van der Waals surface area contributed by atoms with Gasteiger partial charge in [-0.25, -0.2) is 0 Å². The Hall–Kier alpha value is -1.62. The van der Waals surface area contributed by atoms with Crippen molar-refractivity contribution in [3.05, 3.63) is 30.3 Å². The lowest BCUT2D eigenvalue weighted by atomic mass is 10.0. The highest BCUT2D eigenvalue weighted by molar-refractivity contribution is 7.80. The van der Waals surface area contributed by atoms with Crippen LogP contribution in [0.1, 0.15) is 32.6 Å². The molecule has 1 aromatic carbocycles. The molecule has 1 aliphatic rings. The topological polar surface area (TPSA) is 41.6 Å². The molecule has 1 amide bonds. The Bertz CT molecular complexity index is 478. The van der Waals surface area contributed by atoms with E-state index in [1.807, 2.05) is 30.3 Å². The van der Waals surface area contributed by atoms with E-state index in [1.54, 1.807) is 0 Å². The van der Waals surface area contributed by atoms with Crippen molar-refractivity contribution in [1.29, 1.82) is 0 Å². The van der Waals surface area contributed by atoms with Crippen molar-refractivity contribution < 1.29 is 9.53 Å². The Kier molecular flexibility index (Phi) is 5.99. The molecule has 1 saturated heterocycles. The van der Waals surface area contributed by atoms with E-state index >= 15 is 0 Å². The standard InChI is InChI=1S/C16H22N2O2S/c1-2-13-8-6-7-11-18(13)16(21)17-15(19)12-20-14-9-4-3-5-10-14/h3-5,9-10,13H,2,6-8,11-12H2,1H3,(H,17,19,21). The Balaban J connectivity index is 1.80. The zero-order valence-corrected chi connectivity index (χ0v) is 13.2. The predicted molar refractivity (Wildman–Crippen MR) is 87.3 cm³/mol. The number of hydrogen-bond acceptors (Lipinski definition) is 3. The maximum Gasteiger partial charge on any atom is 0.264 e. The van der Waals surface area contributed by atoms with Crippen molar-refractivity contribution in [2.45, 2.75) is 38.6 Å². The van der Waals surface area contributed by atoms with Gasteiger partial charge in [-0.3, -0.25) is 4.79 Å². The number of likely N-dealkylation sites (tertiary alicyclic amines) is 1. The quantitative estimate of drug-likeness (QED) is 0.869. The first-order valence-corrected chi connectivity index (χ1v) is 7.90. The summed E-state index contributed by atoms with van der Waals surface area (Å²) in [5.74, 6) is 0.479. The maximum atomic E-state index is 11.9. The van der Waals surface area contributed by atoms with E-state index in [9.17, 15) is 4.79 Å². The van der Waals surface area contributed by atoms with Gasteiger partial charge in [0.1, 0.15) is 5.75 Å². The van der Waals surface area contributed by atoms with Crippen LogP contribution in [0.2, 0.25) is 0 Å². The van der Waals surface area contributed by atoms with Gasteiger partial charge in [0, 0.05) is 12.6 Å². The molecule has 1 aliphatic heterocycles. The average molecular weight is 306 g/mol. The number of thiocarbonyl (C=S) groups is 1. The van der Waals surface area contributed by atoms with Gasteiger partial charge in [-0.15, -0.1) is 0 Å². The lowest BCUT2D eigenvalue weighted by Gasteiger charge is -2.36. The van der Waals surface area contributed by atoms with Gasteiger partial charge in [0.2, 0.25) is 0 Å². The molecule has 1 unspecified atom stereocenters. The highest BCUT2D eigenvalue weighted by atomic mass is 32.1. The second kappa shape index (κ2) is 7.98. The molecule has 0 spiro atoms. The van der Waals surface area contributed by atoms with E-state index in [4.69, 9.17) is 17.0 Å². The third-order valence-corrected chi connectivity index (χ3v) is 4.06. The minimum atomic E-state index is -0.204. The summed E-state index contributed by atoms with van der Waals surface area (Å²) in [6.45, 7) is 3.07. The van der Waals surface area contributed by atoms with E-state index in [2.05, 4.69) is 17.1 Å². The van der Waals surface area contributed by atoms with Crippen molar-refractivity contribution >= 4 is 23.2 Å². The molecule has 1 atom stereocenters. The fourth-order valence-electron chi connectivity index (χ4n) is 2.59. The lowest BCUT2D eigenvalue weighted by molar-refractivity contribution is -0.121. The number of carbonyl (C=O) groups excluding carboxylic acids is 1. The zero-order valence-electron chi connectivity index (χ0n) is 12.4. The second-order valence-corrected chi connectivity index (χ2v) is 5.59. The summed E-state index contributed by atoms with van der Waals surface area (Å²) in [7, 11) is 0. The molecule has 4 nitrogen and oxygen atoms in total. The van der Waals surface area contributed by atoms with Crippen LogP contribution >= 0.6 is 12.2 Å². The number of para-hydroxylation sites is 1. The third kappa shape index (κ3) is 4.70. The number of nitrogens with one attached hydrogen (secondary N) is 1. The molecule has 0 aromatic heterocycles. The van der Waals surface area contributed by atoms with Gasteiger partial charge in [0.15, 0.2) is 11.7 Å². The minimum Gasteiger partial charge on any atom is -0.484 e. The van der Waals surface area contributed by atoms with Crippen LogP contribution in [0.4, 0.5) is 0 Å². The van der Waals surface area contributed by atoms with Gasteiger partial charge in [0.05, 0.1) is 0 Å². The molecule has 0 radical (unpaired) electrons. The third-order valence-electron chi connectivity index (χ3n) is 3.72. The first kappa shape index (κ1) is 15.8. The van der Waals surface area contributed by atoms with Crippen LogP contribution in [0.15, 0.2) is 30.3 Å². The Morgan fingerprint density at radius 2 is 2.14 bits per heavy atom. The summed E-state index contributed by atoms with van der Waals surface area (Å²) in [5.41, 5.74) is 0. The van der Waals surface area contributed by atoms with E-state index in [1.165, 1.54) is 6.42 Å². The molecule has 2 rings (SSSR count). The normalized spacial score (nSPS) is 18.1. The van der Waals surface area contributed by atoms with Gasteiger partial charge in [0.25, 0.3) is 5.91 Å². The smallest absolute Gasteiger partial charge is 0.264 e. The number of piperidine rings is 1. The molecular formula is C16H22N2O2S. The van der Waals surface area contributed by atoms with Crippen molar-refractivity contribution in [3.63, 3.8) is 0 Å². The SMILES string of the molecule is CCC1CCCCN1C(=S)NC(=O)COc1ccccc1. The van der Waals surface area contributed by atoms with Crippen molar-refractivity contribution in [3.8, 4) is 5.75 Å². The molecule has 21 heavy (non-hydrogen) atoms. The van der Waals surface area contributed by atoms with Crippen LogP contribution < -0.4 is 10.1 Å². The molecule has 1 N–H and O–H groups in total. The summed E-state index contributed by atoms with van der Waals surface area (Å²) in [4.78, 5) is 14.1. The highest BCUT2D eigenvalue weighted by Gasteiger charge is 2.23. The van der Waals surface area contributed by atoms with E-state index in [-0.39, 0.29) is 12.5 Å². The molecule has 0 bridgehead atoms. The lowest BCUT2D eigenvalue weighted by Crippen LogP contribution is -2.50. The van der Waals surface area contributed by atoms with Crippen molar-refractivity contribution in [2.24, 2.45) is 0 Å². The minimum absolute atomic E-state index is 0.0191. The second-order valence-electron chi connectivity index (χ2n) is 5.21. The van der Waals surface area contributed by atoms with Crippen LogP contribution in [0.5, 0.6) is 5.75 Å². The first-order valence-electron chi connectivity index (χ1n) is 7.49. The van der Waals surface area contributed by atoms with Crippen LogP contribution in [0, 0.1) is 0 Å². The number of carbonyl (C=O) groups is 1. The molecular weight excluding hydrogens is 284 g/mol. The summed E-state index contributed by atoms with van der Waals surface area (Å²) in [6.07, 6.45) is 4.57. The van der Waals surface area contributed by atoms with E-state index in [0.717, 1.165) is 25.8 Å². The van der Waals surface area contributed by atoms with E-state index in [0.29, 0.717) is 16.9 Å². The van der Waals surface area contributed by atoms with Gasteiger partial charge in [-0.1, -0.05) is 25.1 Å². The molecule has 114 valence electrons. The number of benzene rings is 1. The monoisotopic (exact) mass is 306 g/mol. The number of nitrogens with zero attached hydrogens (tertiary/aromatic N) is 1. The van der Waals surface area contributed by atoms with Crippen LogP contribution in [-0.4, -0.2) is 35.1 Å². The molecule has 1 fully saturated rings. The van der Waals surface area contributed by atoms with Crippen molar-refractivity contribution in [1.82, 2.24) is 10.2 Å². The van der Waals surface area contributed by atoms with Crippen LogP contribution in [0.3, 0.4) is 0 Å². The van der Waals surface area contributed by atoms with Crippen LogP contribution in [0.25, 0.3) is 0 Å². The van der Waals surface area contributed by atoms with Gasteiger partial charge in [-0.2, -0.15) is 0 Å². The molecule has 1 aromatic rings. The summed E-state index contributed by atoms with van der Waals surface area (Å²) in [5, 5.41) is 3.31. The predicted octanol–water partition coefficient (Wildman–Crippen LogP) is 2.73. The Labute approximate surface area is 131 Å². The van der Waals surface area contributed by atoms with Gasteiger partial charge < -0.3 is 15.0 Å². The summed E-state index contributed by atoms with van der Waals surface area (Å²) >= 11 is 5.36. The molecule has 1 heterocycles. The Morgan fingerprint density at radius 3 is 2.86 bits per heavy atom. The number of ether oxygens (including phenoxy) is 1. The maximum absolute atomic E-state index is 11.9. The summed E-state index contributed by atoms with van der Waals surface area (Å²) in [6, 6.07) is 9.74. The highest BCUT2D eigenvalue weighted by Crippen LogP contribution is 2.19. The number of rotatable bonds is 4. The van der Waals surface area contributed by atoms with E-state index < -0.39 is 0 Å². The molecule has 5 heteroatoms.